The average molecular weight is 226 g/mol. The van der Waals surface area contributed by atoms with Crippen LogP contribution in [0.4, 0.5) is 0 Å². The van der Waals surface area contributed by atoms with Crippen LogP contribution in [0.5, 0.6) is 0 Å². The van der Waals surface area contributed by atoms with Crippen molar-refractivity contribution in [2.45, 2.75) is 6.10 Å². The molecule has 4 nitrogen and oxygen atoms in total. The topological polar surface area (TPSA) is 73.3 Å². The van der Waals surface area contributed by atoms with E-state index in [-0.39, 0.29) is 0 Å². The van der Waals surface area contributed by atoms with E-state index in [2.05, 4.69) is 4.98 Å². The van der Waals surface area contributed by atoms with Crippen molar-refractivity contribution >= 4 is 28.5 Å². The van der Waals surface area contributed by atoms with Crippen LogP contribution in [0.15, 0.2) is 24.4 Å². The van der Waals surface area contributed by atoms with Crippen molar-refractivity contribution in [3.8, 4) is 0 Å². The van der Waals surface area contributed by atoms with E-state index in [9.17, 15) is 9.90 Å². The molecule has 0 spiro atoms. The predicted octanol–water partition coefficient (Wildman–Crippen LogP) is 1.94. The molecule has 0 amide bonds. The van der Waals surface area contributed by atoms with Crippen LogP contribution >= 0.6 is 11.6 Å². The molecule has 1 heterocycles. The average Bonchev–Trinajstić information content (AvgIpc) is 2.59. The van der Waals surface area contributed by atoms with E-state index in [0.29, 0.717) is 21.5 Å². The number of aromatic nitrogens is 1. The van der Waals surface area contributed by atoms with E-state index in [1.165, 1.54) is 0 Å². The largest absolute Gasteiger partial charge is 0.479 e. The maximum atomic E-state index is 10.7. The van der Waals surface area contributed by atoms with Crippen LogP contribution in [-0.2, 0) is 4.79 Å². The number of aliphatic hydroxyl groups is 1. The number of rotatable bonds is 2. The fourth-order valence-corrected chi connectivity index (χ4v) is 1.80. The summed E-state index contributed by atoms with van der Waals surface area (Å²) < 4.78 is 0. The van der Waals surface area contributed by atoms with Crippen molar-refractivity contribution in [1.82, 2.24) is 4.98 Å². The number of carboxylic acid groups (broad SMARTS) is 1. The van der Waals surface area contributed by atoms with Gasteiger partial charge in [0.15, 0.2) is 6.10 Å². The van der Waals surface area contributed by atoms with Gasteiger partial charge in [-0.05, 0) is 6.07 Å². The van der Waals surface area contributed by atoms with Gasteiger partial charge in [0.25, 0.3) is 0 Å². The van der Waals surface area contributed by atoms with Crippen LogP contribution in [0.2, 0.25) is 5.02 Å². The van der Waals surface area contributed by atoms with Crippen LogP contribution in [0.3, 0.4) is 0 Å². The summed E-state index contributed by atoms with van der Waals surface area (Å²) in [7, 11) is 0. The summed E-state index contributed by atoms with van der Waals surface area (Å²) in [5, 5.41) is 19.1. The van der Waals surface area contributed by atoms with Gasteiger partial charge in [0, 0.05) is 22.7 Å². The van der Waals surface area contributed by atoms with Gasteiger partial charge < -0.3 is 15.2 Å². The Morgan fingerprint density at radius 1 is 1.47 bits per heavy atom. The highest BCUT2D eigenvalue weighted by atomic mass is 35.5. The molecule has 1 aromatic carbocycles. The summed E-state index contributed by atoms with van der Waals surface area (Å²) in [6, 6.07) is 4.97. The van der Waals surface area contributed by atoms with Gasteiger partial charge in [0.2, 0.25) is 0 Å². The minimum absolute atomic E-state index is 0.297. The Bertz CT molecular complexity index is 520. The monoisotopic (exact) mass is 225 g/mol. The quantitative estimate of drug-likeness (QED) is 0.731. The molecule has 0 bridgehead atoms. The third-order valence-corrected chi connectivity index (χ3v) is 2.52. The number of aliphatic hydroxyl groups excluding tert-OH is 1. The van der Waals surface area contributed by atoms with E-state index in [4.69, 9.17) is 16.7 Å². The summed E-state index contributed by atoms with van der Waals surface area (Å²) in [6.45, 7) is 0. The SMILES string of the molecule is O=C(O)C(O)c1cccc2[nH]cc(Cl)c12. The lowest BCUT2D eigenvalue weighted by atomic mass is 10.1. The lowest BCUT2D eigenvalue weighted by Crippen LogP contribution is -2.10. The Labute approximate surface area is 90.1 Å². The van der Waals surface area contributed by atoms with Gasteiger partial charge in [0.1, 0.15) is 0 Å². The molecule has 2 aromatic rings. The number of halogens is 1. The summed E-state index contributed by atoms with van der Waals surface area (Å²) in [4.78, 5) is 13.6. The van der Waals surface area contributed by atoms with Gasteiger partial charge >= 0.3 is 5.97 Å². The summed E-state index contributed by atoms with van der Waals surface area (Å²) in [5.74, 6) is -1.29. The van der Waals surface area contributed by atoms with Crippen LogP contribution in [-0.4, -0.2) is 21.2 Å². The molecule has 2 rings (SSSR count). The Kier molecular flexibility index (Phi) is 2.38. The summed E-state index contributed by atoms with van der Waals surface area (Å²) >= 11 is 5.89. The van der Waals surface area contributed by atoms with Crippen LogP contribution < -0.4 is 0 Å². The first-order valence-corrected chi connectivity index (χ1v) is 4.65. The second-order valence-corrected chi connectivity index (χ2v) is 3.55. The van der Waals surface area contributed by atoms with Crippen LogP contribution in [0, 0.1) is 0 Å². The maximum Gasteiger partial charge on any atom is 0.337 e. The molecular formula is C10H8ClNO3. The molecule has 1 unspecified atom stereocenters. The zero-order chi connectivity index (χ0) is 11.0. The predicted molar refractivity (Wildman–Crippen MR) is 55.9 cm³/mol. The molecule has 0 saturated heterocycles. The second kappa shape index (κ2) is 3.56. The van der Waals surface area contributed by atoms with E-state index < -0.39 is 12.1 Å². The van der Waals surface area contributed by atoms with Gasteiger partial charge in [-0.1, -0.05) is 23.7 Å². The van der Waals surface area contributed by atoms with Crippen LogP contribution in [0.25, 0.3) is 10.9 Å². The standard InChI is InChI=1S/C10H8ClNO3/c11-6-4-12-7-3-1-2-5(8(6)7)9(13)10(14)15/h1-4,9,12-13H,(H,14,15). The lowest BCUT2D eigenvalue weighted by molar-refractivity contribution is -0.146. The molecule has 0 aliphatic carbocycles. The first kappa shape index (κ1) is 10.0. The smallest absolute Gasteiger partial charge is 0.337 e. The van der Waals surface area contributed by atoms with Crippen molar-refractivity contribution in [3.63, 3.8) is 0 Å². The molecular weight excluding hydrogens is 218 g/mol. The number of carbonyl (C=O) groups is 1. The maximum absolute atomic E-state index is 10.7. The molecule has 0 aliphatic rings. The third-order valence-electron chi connectivity index (χ3n) is 2.22. The number of H-pyrrole nitrogens is 1. The number of benzene rings is 1. The minimum atomic E-state index is -1.55. The minimum Gasteiger partial charge on any atom is -0.479 e. The number of carboxylic acids is 1. The molecule has 1 atom stereocenters. The highest BCUT2D eigenvalue weighted by molar-refractivity contribution is 6.35. The Balaban J connectivity index is 2.69. The van der Waals surface area contributed by atoms with E-state index >= 15 is 0 Å². The van der Waals surface area contributed by atoms with Crippen molar-refractivity contribution < 1.29 is 15.0 Å². The molecule has 5 heteroatoms. The van der Waals surface area contributed by atoms with Gasteiger partial charge in [-0.15, -0.1) is 0 Å². The van der Waals surface area contributed by atoms with E-state index in [0.717, 1.165) is 0 Å². The summed E-state index contributed by atoms with van der Waals surface area (Å²) in [5.41, 5.74) is 1.00. The number of aliphatic carboxylic acids is 1. The number of nitrogens with one attached hydrogen (secondary N) is 1. The van der Waals surface area contributed by atoms with E-state index in [1.54, 1.807) is 24.4 Å². The number of aromatic amines is 1. The molecule has 15 heavy (non-hydrogen) atoms. The van der Waals surface area contributed by atoms with Crippen molar-refractivity contribution in [2.24, 2.45) is 0 Å². The number of hydrogen-bond acceptors (Lipinski definition) is 2. The van der Waals surface area contributed by atoms with Gasteiger partial charge in [-0.3, -0.25) is 0 Å². The summed E-state index contributed by atoms with van der Waals surface area (Å²) in [6.07, 6.45) is 0.00611. The number of fused-ring (bicyclic) bond motifs is 1. The van der Waals surface area contributed by atoms with Gasteiger partial charge in [-0.2, -0.15) is 0 Å². The first-order valence-electron chi connectivity index (χ1n) is 4.27. The molecule has 0 aliphatic heterocycles. The van der Waals surface area contributed by atoms with Crippen LogP contribution in [0.1, 0.15) is 11.7 Å². The molecule has 1 aromatic heterocycles. The van der Waals surface area contributed by atoms with Crippen molar-refractivity contribution in [1.29, 1.82) is 0 Å². The Morgan fingerprint density at radius 2 is 2.20 bits per heavy atom. The normalized spacial score (nSPS) is 12.9. The molecule has 0 saturated carbocycles. The highest BCUT2D eigenvalue weighted by Gasteiger charge is 2.20. The zero-order valence-electron chi connectivity index (χ0n) is 7.57. The molecule has 78 valence electrons. The zero-order valence-corrected chi connectivity index (χ0v) is 8.32. The Morgan fingerprint density at radius 3 is 2.87 bits per heavy atom. The lowest BCUT2D eigenvalue weighted by Gasteiger charge is -2.07. The van der Waals surface area contributed by atoms with Gasteiger partial charge in [0.05, 0.1) is 5.02 Å². The first-order chi connectivity index (χ1) is 7.11. The fourth-order valence-electron chi connectivity index (χ4n) is 1.53. The molecule has 0 radical (unpaired) electrons. The fraction of sp³-hybridized carbons (Fsp3) is 0.100. The van der Waals surface area contributed by atoms with Crippen molar-refractivity contribution in [2.75, 3.05) is 0 Å². The third kappa shape index (κ3) is 1.58. The second-order valence-electron chi connectivity index (χ2n) is 3.15. The van der Waals surface area contributed by atoms with E-state index in [1.807, 2.05) is 0 Å². The van der Waals surface area contributed by atoms with Crippen molar-refractivity contribution in [3.05, 3.63) is 35.0 Å². The molecule has 3 N–H and O–H groups in total. The highest BCUT2D eigenvalue weighted by Crippen LogP contribution is 2.30. The molecule has 0 fully saturated rings. The van der Waals surface area contributed by atoms with Gasteiger partial charge in [-0.25, -0.2) is 4.79 Å². The Hall–Kier alpha value is -1.52. The number of hydrogen-bond donors (Lipinski definition) is 3.